The Bertz CT molecular complexity index is 595. The first-order valence-corrected chi connectivity index (χ1v) is 6.49. The summed E-state index contributed by atoms with van der Waals surface area (Å²) in [5, 5.41) is 2.52. The van der Waals surface area contributed by atoms with Gasteiger partial charge in [-0.1, -0.05) is 32.4 Å². The van der Waals surface area contributed by atoms with Crippen molar-refractivity contribution in [3.8, 4) is 10.6 Å². The van der Waals surface area contributed by atoms with Crippen LogP contribution in [0.5, 0.6) is 0 Å². The van der Waals surface area contributed by atoms with Crippen molar-refractivity contribution in [2.75, 3.05) is 0 Å². The highest BCUT2D eigenvalue weighted by Crippen LogP contribution is 2.32. The van der Waals surface area contributed by atoms with Crippen molar-refractivity contribution in [3.63, 3.8) is 0 Å². The van der Waals surface area contributed by atoms with E-state index in [-0.39, 0.29) is 11.0 Å². The summed E-state index contributed by atoms with van der Waals surface area (Å²) in [4.78, 5) is 19.7. The normalized spacial score (nSPS) is 11.8. The Labute approximate surface area is 108 Å². The van der Waals surface area contributed by atoms with Gasteiger partial charge in [-0.05, 0) is 11.4 Å². The van der Waals surface area contributed by atoms with Gasteiger partial charge < -0.3 is 4.98 Å². The molecule has 0 saturated carbocycles. The van der Waals surface area contributed by atoms with Gasteiger partial charge in [0.05, 0.1) is 15.6 Å². The molecule has 0 bridgehead atoms. The highest BCUT2D eigenvalue weighted by molar-refractivity contribution is 7.14. The first-order chi connectivity index (χ1) is 7.88. The molecule has 0 aliphatic rings. The fraction of sp³-hybridized carbons (Fsp3) is 0.333. The Hall–Kier alpha value is -1.13. The third-order valence-corrected chi connectivity index (χ3v) is 3.67. The van der Waals surface area contributed by atoms with Gasteiger partial charge in [-0.2, -0.15) is 0 Å². The molecule has 2 rings (SSSR count). The molecule has 0 unspecified atom stereocenters. The van der Waals surface area contributed by atoms with Crippen LogP contribution in [0.25, 0.3) is 10.6 Å². The van der Waals surface area contributed by atoms with Crippen LogP contribution in [0.1, 0.15) is 26.6 Å². The molecule has 2 aromatic rings. The predicted octanol–water partition coefficient (Wildman–Crippen LogP) is 3.45. The summed E-state index contributed by atoms with van der Waals surface area (Å²) in [6.07, 6.45) is 0. The van der Waals surface area contributed by atoms with E-state index in [1.165, 1.54) is 17.4 Å². The third-order valence-electron chi connectivity index (χ3n) is 2.30. The Kier molecular flexibility index (Phi) is 3.10. The molecule has 3 nitrogen and oxygen atoms in total. The van der Waals surface area contributed by atoms with Crippen molar-refractivity contribution in [1.82, 2.24) is 9.97 Å². The number of halogens is 1. The minimum absolute atomic E-state index is 0.149. The lowest BCUT2D eigenvalue weighted by atomic mass is 9.95. The topological polar surface area (TPSA) is 45.8 Å². The number of hydrogen-bond acceptors (Lipinski definition) is 3. The Morgan fingerprint density at radius 1 is 1.41 bits per heavy atom. The zero-order chi connectivity index (χ0) is 12.6. The van der Waals surface area contributed by atoms with E-state index in [4.69, 9.17) is 11.6 Å². The summed E-state index contributed by atoms with van der Waals surface area (Å²) in [5.74, 6) is 0.671. The molecule has 2 aromatic heterocycles. The molecule has 0 atom stereocenters. The lowest BCUT2D eigenvalue weighted by Gasteiger charge is -2.17. The SMILES string of the molecule is CC(C)(C)c1nc(-c2sccc2Cl)cc(=O)[nH]1. The second kappa shape index (κ2) is 4.27. The second-order valence-corrected chi connectivity index (χ2v) is 6.15. The monoisotopic (exact) mass is 268 g/mol. The number of nitrogens with zero attached hydrogens (tertiary/aromatic N) is 1. The van der Waals surface area contributed by atoms with E-state index in [1.807, 2.05) is 26.2 Å². The van der Waals surface area contributed by atoms with E-state index >= 15 is 0 Å². The van der Waals surface area contributed by atoms with Gasteiger partial charge in [-0.15, -0.1) is 11.3 Å². The summed E-state index contributed by atoms with van der Waals surface area (Å²) in [6.45, 7) is 6.02. The van der Waals surface area contributed by atoms with Crippen molar-refractivity contribution < 1.29 is 0 Å². The molecule has 0 radical (unpaired) electrons. The van der Waals surface area contributed by atoms with Crippen LogP contribution in [0, 0.1) is 0 Å². The summed E-state index contributed by atoms with van der Waals surface area (Å²) in [7, 11) is 0. The molecule has 0 saturated heterocycles. The van der Waals surface area contributed by atoms with Crippen molar-refractivity contribution in [2.45, 2.75) is 26.2 Å². The number of hydrogen-bond donors (Lipinski definition) is 1. The van der Waals surface area contributed by atoms with E-state index in [9.17, 15) is 4.79 Å². The largest absolute Gasteiger partial charge is 0.310 e. The fourth-order valence-electron chi connectivity index (χ4n) is 1.41. The van der Waals surface area contributed by atoms with Gasteiger partial charge in [0.15, 0.2) is 0 Å². The molecule has 0 amide bonds. The minimum atomic E-state index is -0.196. The van der Waals surface area contributed by atoms with Crippen LogP contribution in [0.3, 0.4) is 0 Å². The Balaban J connectivity index is 2.61. The molecule has 0 aliphatic carbocycles. The van der Waals surface area contributed by atoms with Crippen LogP contribution >= 0.6 is 22.9 Å². The van der Waals surface area contributed by atoms with E-state index in [0.717, 1.165) is 4.88 Å². The van der Waals surface area contributed by atoms with Crippen LogP contribution in [-0.2, 0) is 5.41 Å². The fourth-order valence-corrected chi connectivity index (χ4v) is 2.52. The van der Waals surface area contributed by atoms with Gasteiger partial charge in [-0.3, -0.25) is 4.79 Å². The van der Waals surface area contributed by atoms with E-state index in [0.29, 0.717) is 16.5 Å². The number of aromatic nitrogens is 2. The maximum absolute atomic E-state index is 11.6. The summed E-state index contributed by atoms with van der Waals surface area (Å²) < 4.78 is 0. The molecule has 5 heteroatoms. The zero-order valence-electron chi connectivity index (χ0n) is 9.87. The molecule has 0 fully saturated rings. The van der Waals surface area contributed by atoms with Crippen LogP contribution in [0.4, 0.5) is 0 Å². The minimum Gasteiger partial charge on any atom is -0.310 e. The first-order valence-electron chi connectivity index (χ1n) is 5.23. The van der Waals surface area contributed by atoms with Gasteiger partial charge in [0.1, 0.15) is 5.82 Å². The highest BCUT2D eigenvalue weighted by atomic mass is 35.5. The number of H-pyrrole nitrogens is 1. The lowest BCUT2D eigenvalue weighted by molar-refractivity contribution is 0.543. The van der Waals surface area contributed by atoms with Gasteiger partial charge in [0, 0.05) is 11.5 Å². The number of rotatable bonds is 1. The molecule has 90 valence electrons. The van der Waals surface area contributed by atoms with Crippen molar-refractivity contribution >= 4 is 22.9 Å². The maximum atomic E-state index is 11.6. The number of aromatic amines is 1. The van der Waals surface area contributed by atoms with Crippen molar-refractivity contribution in [1.29, 1.82) is 0 Å². The van der Waals surface area contributed by atoms with Gasteiger partial charge in [0.2, 0.25) is 0 Å². The highest BCUT2D eigenvalue weighted by Gasteiger charge is 2.18. The summed E-state index contributed by atoms with van der Waals surface area (Å²) in [6, 6.07) is 3.29. The molecule has 0 aromatic carbocycles. The first kappa shape index (κ1) is 12.3. The van der Waals surface area contributed by atoms with E-state index in [2.05, 4.69) is 9.97 Å². The zero-order valence-corrected chi connectivity index (χ0v) is 11.4. The molecule has 0 aliphatic heterocycles. The van der Waals surface area contributed by atoms with E-state index < -0.39 is 0 Å². The maximum Gasteiger partial charge on any atom is 0.251 e. The Morgan fingerprint density at radius 2 is 2.12 bits per heavy atom. The van der Waals surface area contributed by atoms with E-state index in [1.54, 1.807) is 6.07 Å². The Morgan fingerprint density at radius 3 is 2.65 bits per heavy atom. The van der Waals surface area contributed by atoms with Crippen LogP contribution in [-0.4, -0.2) is 9.97 Å². The average Bonchev–Trinajstić information content (AvgIpc) is 2.62. The lowest BCUT2D eigenvalue weighted by Crippen LogP contribution is -2.21. The molecule has 2 heterocycles. The molecular formula is C12H13ClN2OS. The number of thiophene rings is 1. The van der Waals surface area contributed by atoms with Gasteiger partial charge in [0.25, 0.3) is 5.56 Å². The average molecular weight is 269 g/mol. The quantitative estimate of drug-likeness (QED) is 0.861. The molecule has 1 N–H and O–H groups in total. The summed E-state index contributed by atoms with van der Waals surface area (Å²) in [5.41, 5.74) is 0.293. The van der Waals surface area contributed by atoms with Crippen LogP contribution in [0.2, 0.25) is 5.02 Å². The van der Waals surface area contributed by atoms with Crippen LogP contribution in [0.15, 0.2) is 22.3 Å². The summed E-state index contributed by atoms with van der Waals surface area (Å²) >= 11 is 7.53. The standard InChI is InChI=1S/C12H13ClN2OS/c1-12(2,3)11-14-8(6-9(16)15-11)10-7(13)4-5-17-10/h4-6H,1-3H3,(H,14,15,16). The molecule has 17 heavy (non-hydrogen) atoms. The molecular weight excluding hydrogens is 256 g/mol. The molecule has 0 spiro atoms. The number of nitrogens with one attached hydrogen (secondary N) is 1. The van der Waals surface area contributed by atoms with Crippen molar-refractivity contribution in [3.05, 3.63) is 38.7 Å². The van der Waals surface area contributed by atoms with Crippen LogP contribution < -0.4 is 5.56 Å². The van der Waals surface area contributed by atoms with Gasteiger partial charge in [-0.25, -0.2) is 4.98 Å². The van der Waals surface area contributed by atoms with Crippen molar-refractivity contribution in [2.24, 2.45) is 0 Å². The third kappa shape index (κ3) is 2.58. The second-order valence-electron chi connectivity index (χ2n) is 4.83. The van der Waals surface area contributed by atoms with Gasteiger partial charge >= 0.3 is 0 Å². The predicted molar refractivity (Wildman–Crippen MR) is 71.9 cm³/mol. The smallest absolute Gasteiger partial charge is 0.251 e.